The van der Waals surface area contributed by atoms with E-state index in [4.69, 9.17) is 0 Å². The zero-order valence-corrected chi connectivity index (χ0v) is 12.3. The van der Waals surface area contributed by atoms with Crippen LogP contribution in [0.25, 0.3) is 21.9 Å². The average molecular weight is 260 g/mol. The van der Waals surface area contributed by atoms with Crippen molar-refractivity contribution in [3.8, 4) is 11.1 Å². The number of hydrogen-bond acceptors (Lipinski definition) is 0. The van der Waals surface area contributed by atoms with Crippen LogP contribution in [0, 0.1) is 0 Å². The minimum Gasteiger partial charge on any atom is -0.0623 e. The largest absolute Gasteiger partial charge is 0.113 e. The second-order valence-electron chi connectivity index (χ2n) is 5.88. The highest BCUT2D eigenvalue weighted by molar-refractivity contribution is 7.04. The van der Waals surface area contributed by atoms with Gasteiger partial charge in [0.1, 0.15) is 8.07 Å². The van der Waals surface area contributed by atoms with Crippen LogP contribution >= 0.6 is 0 Å². The molecule has 0 spiro atoms. The van der Waals surface area contributed by atoms with Gasteiger partial charge in [0, 0.05) is 0 Å². The van der Waals surface area contributed by atoms with E-state index in [2.05, 4.69) is 73.8 Å². The van der Waals surface area contributed by atoms with Gasteiger partial charge in [-0.3, -0.25) is 0 Å². The van der Waals surface area contributed by atoms with E-state index in [1.165, 1.54) is 21.9 Å². The van der Waals surface area contributed by atoms with Crippen LogP contribution in [0.3, 0.4) is 0 Å². The summed E-state index contributed by atoms with van der Waals surface area (Å²) in [5.41, 5.74) is 2.95. The average Bonchev–Trinajstić information content (AvgIpc) is 2.68. The van der Waals surface area contributed by atoms with Crippen LogP contribution in [-0.2, 0) is 0 Å². The number of benzene rings is 3. The Balaban J connectivity index is 2.22. The lowest BCUT2D eigenvalue weighted by Crippen LogP contribution is -2.49. The zero-order valence-electron chi connectivity index (χ0n) is 11.3. The summed E-state index contributed by atoms with van der Waals surface area (Å²) in [6.45, 7) is 4.93. The summed E-state index contributed by atoms with van der Waals surface area (Å²) in [5, 5.41) is 5.93. The lowest BCUT2D eigenvalue weighted by atomic mass is 9.98. The molecule has 0 atom stereocenters. The van der Waals surface area contributed by atoms with Crippen molar-refractivity contribution in [2.24, 2.45) is 0 Å². The number of hydrogen-bond donors (Lipinski definition) is 0. The quantitative estimate of drug-likeness (QED) is 0.541. The van der Waals surface area contributed by atoms with E-state index in [1.807, 2.05) is 0 Å². The molecular weight excluding hydrogens is 244 g/mol. The SMILES string of the molecule is C[Si]1(C)c2ccccc2-c2c1ccc1ccccc21. The summed E-state index contributed by atoms with van der Waals surface area (Å²) in [6, 6.07) is 22.4. The molecule has 0 aromatic heterocycles. The molecule has 4 rings (SSSR count). The molecular formula is C18H16Si. The molecule has 0 saturated heterocycles. The lowest BCUT2D eigenvalue weighted by molar-refractivity contribution is 1.73. The van der Waals surface area contributed by atoms with Crippen molar-refractivity contribution >= 4 is 29.2 Å². The fourth-order valence-corrected chi connectivity index (χ4v) is 6.55. The summed E-state index contributed by atoms with van der Waals surface area (Å²) < 4.78 is 0. The highest BCUT2D eigenvalue weighted by Crippen LogP contribution is 2.33. The third-order valence-corrected chi connectivity index (χ3v) is 8.02. The van der Waals surface area contributed by atoms with Gasteiger partial charge in [-0.25, -0.2) is 0 Å². The Morgan fingerprint density at radius 2 is 1.42 bits per heavy atom. The van der Waals surface area contributed by atoms with Crippen LogP contribution in [0.5, 0.6) is 0 Å². The third-order valence-electron chi connectivity index (χ3n) is 4.47. The maximum Gasteiger partial charge on any atom is 0.113 e. The first-order valence-corrected chi connectivity index (χ1v) is 9.82. The van der Waals surface area contributed by atoms with Crippen molar-refractivity contribution in [1.29, 1.82) is 0 Å². The van der Waals surface area contributed by atoms with Crippen molar-refractivity contribution in [1.82, 2.24) is 0 Å². The van der Waals surface area contributed by atoms with E-state index in [-0.39, 0.29) is 0 Å². The molecule has 92 valence electrons. The summed E-state index contributed by atoms with van der Waals surface area (Å²) in [7, 11) is -1.50. The number of fused-ring (bicyclic) bond motifs is 5. The second kappa shape index (κ2) is 3.58. The summed E-state index contributed by atoms with van der Waals surface area (Å²) in [6.07, 6.45) is 0. The molecule has 0 aliphatic carbocycles. The van der Waals surface area contributed by atoms with Crippen molar-refractivity contribution in [3.05, 3.63) is 60.7 Å². The van der Waals surface area contributed by atoms with E-state index >= 15 is 0 Å². The van der Waals surface area contributed by atoms with Gasteiger partial charge in [0.2, 0.25) is 0 Å². The predicted molar refractivity (Wildman–Crippen MR) is 86.1 cm³/mol. The molecule has 3 aromatic rings. The molecule has 0 N–H and O–H groups in total. The molecule has 0 fully saturated rings. The molecule has 0 unspecified atom stereocenters. The Hall–Kier alpha value is -1.86. The topological polar surface area (TPSA) is 0 Å². The molecule has 0 amide bonds. The minimum atomic E-state index is -1.50. The van der Waals surface area contributed by atoms with E-state index < -0.39 is 8.07 Å². The van der Waals surface area contributed by atoms with E-state index in [0.717, 1.165) is 0 Å². The highest BCUT2D eigenvalue weighted by atomic mass is 28.3. The van der Waals surface area contributed by atoms with Gasteiger partial charge in [-0.15, -0.1) is 0 Å². The van der Waals surface area contributed by atoms with Crippen LogP contribution in [0.15, 0.2) is 60.7 Å². The molecule has 1 aliphatic rings. The van der Waals surface area contributed by atoms with Crippen LogP contribution in [0.4, 0.5) is 0 Å². The van der Waals surface area contributed by atoms with Crippen molar-refractivity contribution in [2.75, 3.05) is 0 Å². The van der Waals surface area contributed by atoms with Gasteiger partial charge in [-0.2, -0.15) is 0 Å². The van der Waals surface area contributed by atoms with E-state index in [0.29, 0.717) is 0 Å². The Morgan fingerprint density at radius 3 is 2.32 bits per heavy atom. The summed E-state index contributed by atoms with van der Waals surface area (Å²) in [5.74, 6) is 0. The van der Waals surface area contributed by atoms with Crippen LogP contribution < -0.4 is 10.4 Å². The van der Waals surface area contributed by atoms with Crippen LogP contribution in [0.1, 0.15) is 0 Å². The number of rotatable bonds is 0. The molecule has 0 bridgehead atoms. The Bertz CT molecular complexity index is 800. The maximum absolute atomic E-state index is 2.46. The van der Waals surface area contributed by atoms with Crippen LogP contribution in [0.2, 0.25) is 13.1 Å². The fraction of sp³-hybridized carbons (Fsp3) is 0.111. The zero-order chi connectivity index (χ0) is 13.0. The molecule has 0 saturated carbocycles. The van der Waals surface area contributed by atoms with Gasteiger partial charge in [0.05, 0.1) is 0 Å². The van der Waals surface area contributed by atoms with Gasteiger partial charge >= 0.3 is 0 Å². The maximum atomic E-state index is 2.46. The smallest absolute Gasteiger partial charge is 0.0623 e. The van der Waals surface area contributed by atoms with E-state index in [9.17, 15) is 0 Å². The van der Waals surface area contributed by atoms with Crippen molar-refractivity contribution in [2.45, 2.75) is 13.1 Å². The van der Waals surface area contributed by atoms with Gasteiger partial charge < -0.3 is 0 Å². The van der Waals surface area contributed by atoms with Crippen molar-refractivity contribution < 1.29 is 0 Å². The first-order chi connectivity index (χ1) is 9.19. The van der Waals surface area contributed by atoms with E-state index in [1.54, 1.807) is 10.4 Å². The lowest BCUT2D eigenvalue weighted by Gasteiger charge is -2.18. The molecule has 19 heavy (non-hydrogen) atoms. The standard InChI is InChI=1S/C18H16Si/c1-19(2)16-10-6-5-9-15(16)18-14-8-4-3-7-13(14)11-12-17(18)19/h3-12H,1-2H3. The Morgan fingerprint density at radius 1 is 0.684 bits per heavy atom. The van der Waals surface area contributed by atoms with Gasteiger partial charge in [-0.05, 0) is 32.3 Å². The monoisotopic (exact) mass is 260 g/mol. The fourth-order valence-electron chi connectivity index (χ4n) is 3.47. The van der Waals surface area contributed by atoms with Crippen LogP contribution in [-0.4, -0.2) is 8.07 Å². The first kappa shape index (κ1) is 11.0. The molecule has 1 aliphatic heterocycles. The second-order valence-corrected chi connectivity index (χ2v) is 10.2. The van der Waals surface area contributed by atoms with Gasteiger partial charge in [0.15, 0.2) is 0 Å². The normalized spacial score (nSPS) is 15.3. The first-order valence-electron chi connectivity index (χ1n) is 6.82. The van der Waals surface area contributed by atoms with Crippen molar-refractivity contribution in [3.63, 3.8) is 0 Å². The third kappa shape index (κ3) is 1.34. The highest BCUT2D eigenvalue weighted by Gasteiger charge is 2.37. The Kier molecular flexibility index (Phi) is 2.07. The van der Waals surface area contributed by atoms with Gasteiger partial charge in [0.25, 0.3) is 0 Å². The van der Waals surface area contributed by atoms with Gasteiger partial charge in [-0.1, -0.05) is 73.8 Å². The minimum absolute atomic E-state index is 1.35. The summed E-state index contributed by atoms with van der Waals surface area (Å²) in [4.78, 5) is 0. The molecule has 1 heteroatoms. The summed E-state index contributed by atoms with van der Waals surface area (Å²) >= 11 is 0. The predicted octanol–water partition coefficient (Wildman–Crippen LogP) is 3.64. The Labute approximate surface area is 114 Å². The molecule has 0 nitrogen and oxygen atoms in total. The molecule has 0 radical (unpaired) electrons. The molecule has 1 heterocycles. The molecule has 3 aromatic carbocycles.